The maximum Gasteiger partial charge on any atom is 0.159 e. The van der Waals surface area contributed by atoms with Crippen molar-refractivity contribution in [3.8, 4) is 11.1 Å². The van der Waals surface area contributed by atoms with Crippen LogP contribution >= 0.6 is 0 Å². The molecule has 4 rings (SSSR count). The zero-order valence-electron chi connectivity index (χ0n) is 16.9. The number of hydrogen-bond donors (Lipinski definition) is 0. The van der Waals surface area contributed by atoms with Crippen molar-refractivity contribution in [3.05, 3.63) is 71.5 Å². The summed E-state index contributed by atoms with van der Waals surface area (Å²) >= 11 is 0. The summed E-state index contributed by atoms with van der Waals surface area (Å²) in [5.74, 6) is -0.564. The third kappa shape index (κ3) is 4.34. The highest BCUT2D eigenvalue weighted by molar-refractivity contribution is 5.88. The van der Waals surface area contributed by atoms with Gasteiger partial charge in [-0.2, -0.15) is 0 Å². The molecule has 0 saturated heterocycles. The molecule has 29 heavy (non-hydrogen) atoms. The number of aryl methyl sites for hydroxylation is 1. The van der Waals surface area contributed by atoms with Crippen molar-refractivity contribution in [3.63, 3.8) is 0 Å². The Labute approximate surface area is 170 Å². The van der Waals surface area contributed by atoms with Gasteiger partial charge in [-0.15, -0.1) is 0 Å². The Morgan fingerprint density at radius 3 is 2.28 bits per heavy atom. The molecule has 152 valence electrons. The molecule has 0 nitrogen and oxygen atoms in total. The SMILES string of the molecule is CCC1CCC(CCc2ccc3c(F)c(-c4ccc(F)c(F)c4)ccc3c2)CC1. The van der Waals surface area contributed by atoms with Crippen molar-refractivity contribution in [1.82, 2.24) is 0 Å². The van der Waals surface area contributed by atoms with Gasteiger partial charge in [0.2, 0.25) is 0 Å². The summed E-state index contributed by atoms with van der Waals surface area (Å²) in [4.78, 5) is 0. The number of benzene rings is 3. The van der Waals surface area contributed by atoms with Gasteiger partial charge in [0.1, 0.15) is 5.82 Å². The minimum absolute atomic E-state index is 0.289. The van der Waals surface area contributed by atoms with Crippen molar-refractivity contribution < 1.29 is 13.2 Å². The van der Waals surface area contributed by atoms with Crippen LogP contribution < -0.4 is 0 Å². The molecule has 3 heteroatoms. The molecule has 0 radical (unpaired) electrons. The lowest BCUT2D eigenvalue weighted by atomic mass is 9.78. The molecule has 0 amide bonds. The third-order valence-corrected chi connectivity index (χ3v) is 6.63. The second-order valence-corrected chi connectivity index (χ2v) is 8.45. The monoisotopic (exact) mass is 396 g/mol. The molecule has 0 aromatic heterocycles. The summed E-state index contributed by atoms with van der Waals surface area (Å²) in [5, 5.41) is 1.36. The molecule has 0 bridgehead atoms. The van der Waals surface area contributed by atoms with Crippen LogP contribution in [0.2, 0.25) is 0 Å². The van der Waals surface area contributed by atoms with Crippen LogP contribution in [0.25, 0.3) is 21.9 Å². The predicted octanol–water partition coefficient (Wildman–Crippen LogP) is 8.07. The number of fused-ring (bicyclic) bond motifs is 1. The molecule has 1 aliphatic rings. The Morgan fingerprint density at radius 2 is 1.55 bits per heavy atom. The second kappa shape index (κ2) is 8.61. The highest BCUT2D eigenvalue weighted by Crippen LogP contribution is 2.34. The first-order valence-corrected chi connectivity index (χ1v) is 10.7. The van der Waals surface area contributed by atoms with Crippen LogP contribution in [0.1, 0.15) is 51.0 Å². The van der Waals surface area contributed by atoms with Gasteiger partial charge in [-0.05, 0) is 53.3 Å². The van der Waals surface area contributed by atoms with Crippen LogP contribution in [0.5, 0.6) is 0 Å². The quantitative estimate of drug-likeness (QED) is 0.409. The lowest BCUT2D eigenvalue weighted by Crippen LogP contribution is -2.14. The maximum atomic E-state index is 15.0. The molecule has 0 unspecified atom stereocenters. The standard InChI is InChI=1S/C26H27F3/c1-2-17-3-5-18(6-4-17)7-8-19-9-12-22-20(15-19)10-13-23(26(22)29)21-11-14-24(27)25(28)16-21/h9-18H,2-8H2,1H3. The number of halogens is 3. The second-order valence-electron chi connectivity index (χ2n) is 8.45. The fraction of sp³-hybridized carbons (Fsp3) is 0.385. The Kier molecular flexibility index (Phi) is 5.94. The molecule has 0 spiro atoms. The fourth-order valence-electron chi connectivity index (χ4n) is 4.68. The van der Waals surface area contributed by atoms with Crippen molar-refractivity contribution in [2.24, 2.45) is 11.8 Å². The zero-order valence-corrected chi connectivity index (χ0v) is 16.9. The average Bonchev–Trinajstić information content (AvgIpc) is 2.75. The van der Waals surface area contributed by atoms with Gasteiger partial charge in [-0.25, -0.2) is 13.2 Å². The molecule has 0 heterocycles. The van der Waals surface area contributed by atoms with Gasteiger partial charge in [0.15, 0.2) is 11.6 Å². The predicted molar refractivity (Wildman–Crippen MR) is 113 cm³/mol. The van der Waals surface area contributed by atoms with E-state index in [0.29, 0.717) is 10.9 Å². The van der Waals surface area contributed by atoms with Crippen LogP contribution in [0.4, 0.5) is 13.2 Å². The Hall–Kier alpha value is -2.29. The van der Waals surface area contributed by atoms with Crippen molar-refractivity contribution in [2.75, 3.05) is 0 Å². The summed E-state index contributed by atoms with van der Waals surface area (Å²) in [7, 11) is 0. The average molecular weight is 396 g/mol. The summed E-state index contributed by atoms with van der Waals surface area (Å²) < 4.78 is 41.8. The molecule has 0 N–H and O–H groups in total. The van der Waals surface area contributed by atoms with E-state index in [1.54, 1.807) is 6.07 Å². The fourth-order valence-corrected chi connectivity index (χ4v) is 4.68. The van der Waals surface area contributed by atoms with Crippen LogP contribution in [-0.2, 0) is 6.42 Å². The van der Waals surface area contributed by atoms with Crippen molar-refractivity contribution in [1.29, 1.82) is 0 Å². The minimum atomic E-state index is -0.967. The van der Waals surface area contributed by atoms with Gasteiger partial charge in [0, 0.05) is 10.9 Å². The van der Waals surface area contributed by atoms with E-state index < -0.39 is 17.5 Å². The molecule has 0 atom stereocenters. The summed E-state index contributed by atoms with van der Waals surface area (Å²) in [5.41, 5.74) is 1.86. The first-order valence-electron chi connectivity index (χ1n) is 10.7. The molecule has 3 aromatic rings. The maximum absolute atomic E-state index is 15.0. The summed E-state index contributed by atoms with van der Waals surface area (Å²) in [6, 6.07) is 12.9. The van der Waals surface area contributed by atoms with E-state index in [1.165, 1.54) is 50.2 Å². The van der Waals surface area contributed by atoms with Gasteiger partial charge in [-0.1, -0.05) is 75.4 Å². The smallest absolute Gasteiger partial charge is 0.159 e. The topological polar surface area (TPSA) is 0 Å². The summed E-state index contributed by atoms with van der Waals surface area (Å²) in [6.07, 6.45) is 8.89. The van der Waals surface area contributed by atoms with E-state index in [2.05, 4.69) is 13.0 Å². The number of hydrogen-bond acceptors (Lipinski definition) is 0. The van der Waals surface area contributed by atoms with E-state index in [9.17, 15) is 8.78 Å². The minimum Gasteiger partial charge on any atom is -0.206 e. The lowest BCUT2D eigenvalue weighted by molar-refractivity contribution is 0.259. The van der Waals surface area contributed by atoms with Gasteiger partial charge in [0.05, 0.1) is 0 Å². The van der Waals surface area contributed by atoms with Crippen molar-refractivity contribution >= 4 is 10.8 Å². The first kappa shape index (κ1) is 20.0. The molecule has 1 fully saturated rings. The van der Waals surface area contributed by atoms with E-state index in [-0.39, 0.29) is 5.56 Å². The first-order chi connectivity index (χ1) is 14.0. The van der Waals surface area contributed by atoms with E-state index in [0.717, 1.165) is 35.8 Å². The Morgan fingerprint density at radius 1 is 0.793 bits per heavy atom. The largest absolute Gasteiger partial charge is 0.206 e. The summed E-state index contributed by atoms with van der Waals surface area (Å²) in [6.45, 7) is 2.29. The third-order valence-electron chi connectivity index (χ3n) is 6.63. The highest BCUT2D eigenvalue weighted by atomic mass is 19.2. The zero-order chi connectivity index (χ0) is 20.4. The van der Waals surface area contributed by atoms with Gasteiger partial charge in [-0.3, -0.25) is 0 Å². The molecule has 1 aliphatic carbocycles. The van der Waals surface area contributed by atoms with E-state index in [1.807, 2.05) is 18.2 Å². The van der Waals surface area contributed by atoms with Crippen LogP contribution in [0.15, 0.2) is 48.5 Å². The van der Waals surface area contributed by atoms with Crippen LogP contribution in [-0.4, -0.2) is 0 Å². The Bertz CT molecular complexity index is 1000. The van der Waals surface area contributed by atoms with E-state index >= 15 is 4.39 Å². The normalized spacial score (nSPS) is 19.6. The highest BCUT2D eigenvalue weighted by Gasteiger charge is 2.20. The van der Waals surface area contributed by atoms with Gasteiger partial charge >= 0.3 is 0 Å². The molecular formula is C26H27F3. The van der Waals surface area contributed by atoms with Gasteiger partial charge < -0.3 is 0 Å². The lowest BCUT2D eigenvalue weighted by Gasteiger charge is -2.27. The van der Waals surface area contributed by atoms with Crippen molar-refractivity contribution in [2.45, 2.75) is 51.9 Å². The molecule has 3 aromatic carbocycles. The molecular weight excluding hydrogens is 369 g/mol. The number of rotatable bonds is 5. The Balaban J connectivity index is 1.51. The van der Waals surface area contributed by atoms with Crippen LogP contribution in [0, 0.1) is 29.3 Å². The van der Waals surface area contributed by atoms with Gasteiger partial charge in [0.25, 0.3) is 0 Å². The van der Waals surface area contributed by atoms with E-state index in [4.69, 9.17) is 0 Å². The molecule has 0 aliphatic heterocycles. The van der Waals surface area contributed by atoms with Crippen LogP contribution in [0.3, 0.4) is 0 Å². The molecule has 1 saturated carbocycles.